The van der Waals surface area contributed by atoms with Gasteiger partial charge in [0.05, 0.1) is 37.7 Å². The van der Waals surface area contributed by atoms with Gasteiger partial charge in [-0.1, -0.05) is 182 Å². The lowest BCUT2D eigenvalue weighted by atomic mass is 9.80. The van der Waals surface area contributed by atoms with Crippen molar-refractivity contribution < 1.29 is 38.2 Å². The number of anilines is 6. The lowest BCUT2D eigenvalue weighted by Gasteiger charge is -2.39. The molecule has 15 rings (SSSR count). The van der Waals surface area contributed by atoms with Crippen molar-refractivity contribution in [3.8, 4) is 12.1 Å². The summed E-state index contributed by atoms with van der Waals surface area (Å²) in [7, 11) is 3.79. The van der Waals surface area contributed by atoms with E-state index >= 15 is 0 Å². The first kappa shape index (κ1) is 93.4. The number of nitrogens with two attached hydrogens (primary N) is 2. The smallest absolute Gasteiger partial charge is 0.271 e. The molecule has 3 aliphatic heterocycles. The van der Waals surface area contributed by atoms with Crippen molar-refractivity contribution in [3.63, 3.8) is 0 Å². The summed E-state index contributed by atoms with van der Waals surface area (Å²) in [6.07, 6.45) is 32.1. The lowest BCUT2D eigenvalue weighted by molar-refractivity contribution is -0.282. The van der Waals surface area contributed by atoms with Crippen LogP contribution >= 0.6 is 79.6 Å². The molecule has 0 aromatic heterocycles. The first-order valence-corrected chi connectivity index (χ1v) is 45.2. The summed E-state index contributed by atoms with van der Waals surface area (Å²) in [6, 6.07) is 52.1. The van der Waals surface area contributed by atoms with E-state index in [1.165, 1.54) is 38.5 Å². The van der Waals surface area contributed by atoms with Gasteiger partial charge >= 0.3 is 0 Å². The number of ether oxygens (including phenoxy) is 3. The number of hydrogen-bond acceptors (Lipinski definition) is 16. The van der Waals surface area contributed by atoms with Gasteiger partial charge in [-0.25, -0.2) is 0 Å². The molecule has 115 heavy (non-hydrogen) atoms. The molecule has 3 spiro atoms. The minimum atomic E-state index is -0.550. The van der Waals surface area contributed by atoms with Gasteiger partial charge in [-0.15, -0.1) is 0 Å². The Morgan fingerprint density at radius 2 is 0.783 bits per heavy atom. The third-order valence-corrected chi connectivity index (χ3v) is 25.6. The highest BCUT2D eigenvalue weighted by Crippen LogP contribution is 2.45. The number of nitrogen functional groups attached to an aromatic ring is 1. The molecule has 6 aromatic rings. The Bertz CT molecular complexity index is 4020. The summed E-state index contributed by atoms with van der Waals surface area (Å²) in [5.74, 6) is 0.994. The minimum absolute atomic E-state index is 0.213. The zero-order chi connectivity index (χ0) is 82.9. The molecule has 20 nitrogen and oxygen atoms in total. The molecule has 6 aromatic carbocycles. The van der Waals surface area contributed by atoms with Crippen LogP contribution in [0.3, 0.4) is 0 Å². The predicted octanol–water partition coefficient (Wildman–Crippen LogP) is 21.0. The van der Waals surface area contributed by atoms with E-state index in [2.05, 4.69) is 159 Å². The minimum Gasteiger partial charge on any atom is -0.399 e. The van der Waals surface area contributed by atoms with Gasteiger partial charge in [0.25, 0.3) is 6.48 Å². The summed E-state index contributed by atoms with van der Waals surface area (Å²) in [5.41, 5.74) is 16.0. The fraction of sp³-hybridized carbons (Fsp3) is 0.522. The molecule has 0 unspecified atom stereocenters. The van der Waals surface area contributed by atoms with Crippen molar-refractivity contribution in [2.75, 3.05) is 85.0 Å². The molecule has 9 fully saturated rings. The number of nitrogens with one attached hydrogen (secondary N) is 3. The van der Waals surface area contributed by atoms with Crippen LogP contribution in [0.5, 0.6) is 0 Å². The highest BCUT2D eigenvalue weighted by Gasteiger charge is 2.53. The maximum Gasteiger partial charge on any atom is 0.271 e. The number of likely N-dealkylation sites (N-methyl/N-ethyl adjacent to an activating group) is 2. The number of carbonyl (C=O) groups is 5. The van der Waals surface area contributed by atoms with Crippen LogP contribution in [0.4, 0.5) is 34.1 Å². The van der Waals surface area contributed by atoms with Crippen LogP contribution in [0.2, 0.25) is 0 Å². The number of benzene rings is 6. The molecule has 25 heteroatoms. The maximum absolute atomic E-state index is 12.6. The van der Waals surface area contributed by atoms with Gasteiger partial charge < -0.3 is 66.1 Å². The number of amides is 4. The Hall–Kier alpha value is -7.07. The number of Topliss-reactive ketones (excluding diaryl/α,β-unsaturated/α-hetero) is 1. The Kier molecular flexibility index (Phi) is 38.1. The number of primary amides is 1. The summed E-state index contributed by atoms with van der Waals surface area (Å²) in [6.45, 7) is 9.09. The highest BCUT2D eigenvalue weighted by molar-refractivity contribution is 9.11. The van der Waals surface area contributed by atoms with Gasteiger partial charge in [0, 0.05) is 103 Å². The van der Waals surface area contributed by atoms with Crippen LogP contribution in [-0.4, -0.2) is 127 Å². The molecule has 3 saturated heterocycles. The molecule has 9 aliphatic rings. The van der Waals surface area contributed by atoms with E-state index < -0.39 is 12.0 Å². The zero-order valence-electron chi connectivity index (χ0n) is 67.8. The van der Waals surface area contributed by atoms with Gasteiger partial charge in [0.2, 0.25) is 23.6 Å². The van der Waals surface area contributed by atoms with Crippen molar-refractivity contribution in [3.05, 3.63) is 174 Å². The van der Waals surface area contributed by atoms with Crippen LogP contribution in [0.15, 0.2) is 168 Å². The number of halogens is 5. The van der Waals surface area contributed by atoms with Crippen LogP contribution in [0.1, 0.15) is 219 Å². The van der Waals surface area contributed by atoms with Gasteiger partial charge in [-0.2, -0.15) is 10.5 Å². The average Bonchev–Trinajstić information content (AvgIpc) is 1.62. The van der Waals surface area contributed by atoms with Crippen molar-refractivity contribution in [1.29, 1.82) is 10.5 Å². The second kappa shape index (κ2) is 46.9. The lowest BCUT2D eigenvalue weighted by Crippen LogP contribution is -2.51. The van der Waals surface area contributed by atoms with E-state index in [1.54, 1.807) is 0 Å². The Morgan fingerprint density at radius 1 is 0.452 bits per heavy atom. The van der Waals surface area contributed by atoms with Crippen LogP contribution in [0.25, 0.3) is 0 Å². The van der Waals surface area contributed by atoms with Gasteiger partial charge in [0.1, 0.15) is 33.5 Å². The number of nitrogens with zero attached hydrogens (tertiary/aromatic N) is 7. The van der Waals surface area contributed by atoms with Crippen molar-refractivity contribution in [2.45, 2.75) is 248 Å². The molecule has 0 bridgehead atoms. The van der Waals surface area contributed by atoms with Crippen LogP contribution < -0.4 is 42.1 Å². The fourth-order valence-corrected chi connectivity index (χ4v) is 18.1. The third-order valence-electron chi connectivity index (χ3n) is 22.9. The van der Waals surface area contributed by atoms with E-state index in [0.29, 0.717) is 57.1 Å². The Balaban J connectivity index is 0.000000168. The van der Waals surface area contributed by atoms with Gasteiger partial charge in [-0.05, 0) is 243 Å². The normalized spacial score (nSPS) is 19.2. The van der Waals surface area contributed by atoms with E-state index in [4.69, 9.17) is 30.9 Å². The number of carbonyl (C=O) groups excluding carboxylic acids is 5. The van der Waals surface area contributed by atoms with Gasteiger partial charge in [0.15, 0.2) is 0 Å². The average molecular weight is 1900 g/mol. The number of hydrogen-bond donors (Lipinski definition) is 5. The van der Waals surface area contributed by atoms with Crippen molar-refractivity contribution in [1.82, 2.24) is 15.1 Å². The molecule has 0 radical (unpaired) electrons. The van der Waals surface area contributed by atoms with Crippen LogP contribution in [0, 0.1) is 22.7 Å². The largest absolute Gasteiger partial charge is 0.399 e. The van der Waals surface area contributed by atoms with E-state index in [-0.39, 0.29) is 39.9 Å². The third kappa shape index (κ3) is 26.7. The molecule has 7 N–H and O–H groups in total. The standard InChI is InChI=1S/C16H19N3O.C15H19BrN2O.C14H17BrN2O.C13H17BrN2O.C13H15BrN2.C7H16O3.C6H6BrN.C6H10O/c1-18-12-19(14-7-5-13(11-17)6-8-14)16(15(18)20)9-3-2-4-10-16;1-17-11-18(13-7-5-12(16)6-8-13)15(14(17)19)9-3-2-4-10-15;15-11-4-6-12(7-5-11)17-10-16-13(18)14(17)8-2-1-3-9-14;14-10-4-6-11(7-5-10)16-13(12(15)17)8-2-1-3-9-13;14-11-4-6-12(7-5-11)16-13(10-15)8-2-1-3-9-13;1-4-8-7(9-5-2)10-6-3;7-5-1-3-6(8)4-2-5;7-6-4-2-1-3-5-6/h5-8H,2-4,9-10,12H2,1H3;5-8H,2-4,9-11H2,1H3;4-7H,1-3,8-10H2,(H,16,18);4-7,16H,1-3,8-9H2,(H2,15,17);4-7,16H,1-3,8-9H2;7H,4-6H2,1-3H3;1-4H,8H2;1-5H2. The summed E-state index contributed by atoms with van der Waals surface area (Å²) in [5, 5.41) is 28.0. The van der Waals surface area contributed by atoms with Crippen molar-refractivity contribution >= 4 is 143 Å². The summed E-state index contributed by atoms with van der Waals surface area (Å²) < 4.78 is 20.5. The molecule has 622 valence electrons. The zero-order valence-corrected chi connectivity index (χ0v) is 75.8. The first-order chi connectivity index (χ1) is 55.4. The fourth-order valence-electron chi connectivity index (χ4n) is 16.8. The maximum atomic E-state index is 12.6. The SMILES string of the molecule is CCOC(OCC)OCC.CN1CN(c2ccc(Br)cc2)C2(CCCCC2)C1=O.CN1CN(c2ccc(C#N)cc2)C2(CCCCC2)C1=O.N#CC1(Nc2ccc(Br)cc2)CCCCC1.NC(=O)C1(Nc2ccc(Br)cc2)CCCCC1.Nc1ccc(Br)cc1.O=C1CCCCC1.O=C1NCN(c2ccc(Br)cc2)C12CCCCC2. The molecular weight excluding hydrogens is 1780 g/mol. The highest BCUT2D eigenvalue weighted by atomic mass is 79.9. The monoisotopic (exact) mass is 1890 g/mol. The molecule has 3 heterocycles. The quantitative estimate of drug-likeness (QED) is 0.0501. The molecule has 6 saturated carbocycles. The summed E-state index contributed by atoms with van der Waals surface area (Å²) in [4.78, 5) is 70.1. The number of nitriles is 2. The Morgan fingerprint density at radius 3 is 1.13 bits per heavy atom. The van der Waals surface area contributed by atoms with E-state index in [1.807, 2.05) is 154 Å². The number of ketones is 1. The predicted molar refractivity (Wildman–Crippen MR) is 480 cm³/mol. The Labute approximate surface area is 725 Å². The molecule has 0 atom stereocenters. The van der Waals surface area contributed by atoms with E-state index in [9.17, 15) is 29.2 Å². The number of rotatable bonds is 14. The topological polar surface area (TPSA) is 265 Å². The van der Waals surface area contributed by atoms with E-state index in [0.717, 1.165) is 211 Å². The first-order valence-electron chi connectivity index (χ1n) is 41.2. The second-order valence-electron chi connectivity index (χ2n) is 31.0. The summed E-state index contributed by atoms with van der Waals surface area (Å²) >= 11 is 17.0. The molecular formula is C90H119Br5N12O8. The van der Waals surface area contributed by atoms with Crippen LogP contribution in [-0.2, 0) is 38.2 Å². The molecule has 4 amide bonds. The van der Waals surface area contributed by atoms with Gasteiger partial charge in [-0.3, -0.25) is 24.0 Å². The molecule has 6 aliphatic carbocycles. The second-order valence-corrected chi connectivity index (χ2v) is 35.5. The van der Waals surface area contributed by atoms with Crippen molar-refractivity contribution in [2.24, 2.45) is 5.73 Å².